The number of halogens is 5. The molecule has 0 saturated heterocycles. The van der Waals surface area contributed by atoms with Crippen molar-refractivity contribution in [2.75, 3.05) is 0 Å². The van der Waals surface area contributed by atoms with Crippen LogP contribution in [0.3, 0.4) is 0 Å². The topological polar surface area (TPSA) is 61.8 Å². The molecular formula is C12H12F5N3O. The number of alkyl halides is 5. The first-order valence-corrected chi connectivity index (χ1v) is 6.20. The minimum Gasteiger partial charge on any atom is -0.382 e. The van der Waals surface area contributed by atoms with Gasteiger partial charge in [-0.15, -0.1) is 0 Å². The quantitative estimate of drug-likeness (QED) is 0.873. The average Bonchev–Trinajstić information content (AvgIpc) is 2.82. The fourth-order valence-electron chi connectivity index (χ4n) is 2.29. The summed E-state index contributed by atoms with van der Waals surface area (Å²) >= 11 is 0. The maximum absolute atomic E-state index is 13.5. The molecule has 0 aromatic carbocycles. The van der Waals surface area contributed by atoms with E-state index >= 15 is 0 Å². The van der Waals surface area contributed by atoms with Crippen LogP contribution in [-0.4, -0.2) is 20.8 Å². The summed E-state index contributed by atoms with van der Waals surface area (Å²) in [6.07, 6.45) is -8.24. The maximum Gasteiger partial charge on any atom is 0.435 e. The van der Waals surface area contributed by atoms with Crippen molar-refractivity contribution in [1.82, 2.24) is 9.78 Å². The zero-order valence-electron chi connectivity index (χ0n) is 11.0. The average molecular weight is 309 g/mol. The predicted molar refractivity (Wildman–Crippen MR) is 60.2 cm³/mol. The molecule has 0 spiro atoms. The number of aromatic nitrogens is 2. The van der Waals surface area contributed by atoms with Gasteiger partial charge in [0, 0.05) is 18.0 Å². The second kappa shape index (κ2) is 4.94. The smallest absolute Gasteiger partial charge is 0.382 e. The van der Waals surface area contributed by atoms with Crippen LogP contribution < -0.4 is 0 Å². The minimum absolute atomic E-state index is 0.0874. The number of aryl methyl sites for hydroxylation is 1. The number of aliphatic hydroxyl groups excluding tert-OH is 1. The number of fused-ring (bicyclic) bond motifs is 1. The Morgan fingerprint density at radius 2 is 2.14 bits per heavy atom. The van der Waals surface area contributed by atoms with E-state index in [2.05, 4.69) is 5.10 Å². The third-order valence-corrected chi connectivity index (χ3v) is 3.44. The van der Waals surface area contributed by atoms with Crippen molar-refractivity contribution in [3.63, 3.8) is 0 Å². The van der Waals surface area contributed by atoms with Gasteiger partial charge < -0.3 is 5.11 Å². The Kier molecular flexibility index (Phi) is 3.70. The molecule has 0 radical (unpaired) electrons. The molecule has 0 fully saturated rings. The van der Waals surface area contributed by atoms with Crippen molar-refractivity contribution in [1.29, 1.82) is 5.26 Å². The number of hydrogen-bond donors (Lipinski definition) is 1. The Morgan fingerprint density at radius 3 is 2.67 bits per heavy atom. The van der Waals surface area contributed by atoms with Crippen molar-refractivity contribution >= 4 is 0 Å². The molecule has 2 atom stereocenters. The fourth-order valence-corrected chi connectivity index (χ4v) is 2.29. The highest BCUT2D eigenvalue weighted by atomic mass is 19.4. The molecule has 1 aliphatic rings. The van der Waals surface area contributed by atoms with Crippen LogP contribution in [-0.2, 0) is 19.1 Å². The number of aliphatic hydroxyl groups is 1. The second-order valence-electron chi connectivity index (χ2n) is 5.09. The molecular weight excluding hydrogens is 297 g/mol. The molecule has 0 amide bonds. The van der Waals surface area contributed by atoms with Crippen LogP contribution in [0.5, 0.6) is 0 Å². The van der Waals surface area contributed by atoms with E-state index in [9.17, 15) is 27.1 Å². The molecule has 4 nitrogen and oxygen atoms in total. The lowest BCUT2D eigenvalue weighted by atomic mass is 10.1. The summed E-state index contributed by atoms with van der Waals surface area (Å²) in [6.45, 7) is 1.48. The highest BCUT2D eigenvalue weighted by Crippen LogP contribution is 2.48. The van der Waals surface area contributed by atoms with Gasteiger partial charge in [-0.2, -0.15) is 23.5 Å². The van der Waals surface area contributed by atoms with E-state index in [0.717, 1.165) is 4.68 Å². The lowest BCUT2D eigenvalue weighted by molar-refractivity contribution is -0.146. The van der Waals surface area contributed by atoms with Crippen LogP contribution in [0.15, 0.2) is 0 Å². The molecule has 1 aliphatic carbocycles. The largest absolute Gasteiger partial charge is 0.435 e. The van der Waals surface area contributed by atoms with Crippen LogP contribution in [0, 0.1) is 17.2 Å². The van der Waals surface area contributed by atoms with Crippen molar-refractivity contribution in [2.24, 2.45) is 5.92 Å². The van der Waals surface area contributed by atoms with Gasteiger partial charge in [-0.1, -0.05) is 0 Å². The molecule has 1 unspecified atom stereocenters. The minimum atomic E-state index is -4.92. The molecule has 1 heterocycles. The van der Waals surface area contributed by atoms with Gasteiger partial charge >= 0.3 is 6.18 Å². The van der Waals surface area contributed by atoms with Crippen LogP contribution in [0.4, 0.5) is 22.0 Å². The van der Waals surface area contributed by atoms with Gasteiger partial charge in [0.05, 0.1) is 18.2 Å². The number of rotatable bonds is 3. The summed E-state index contributed by atoms with van der Waals surface area (Å²) < 4.78 is 66.3. The lowest BCUT2D eigenvalue weighted by Crippen LogP contribution is -2.25. The molecule has 2 rings (SSSR count). The van der Waals surface area contributed by atoms with Crippen molar-refractivity contribution in [3.05, 3.63) is 17.0 Å². The van der Waals surface area contributed by atoms with E-state index < -0.39 is 41.8 Å². The number of hydrogen-bond acceptors (Lipinski definition) is 3. The molecule has 0 bridgehead atoms. The highest BCUT2D eigenvalue weighted by Gasteiger charge is 2.54. The first-order chi connectivity index (χ1) is 9.58. The van der Waals surface area contributed by atoms with Gasteiger partial charge in [-0.3, -0.25) is 4.68 Å². The Hall–Kier alpha value is -1.69. The summed E-state index contributed by atoms with van der Waals surface area (Å²) in [5.41, 5.74) is -2.64. The molecule has 1 N–H and O–H groups in total. The van der Waals surface area contributed by atoms with Crippen molar-refractivity contribution in [3.8, 4) is 6.07 Å². The first kappa shape index (κ1) is 15.7. The van der Waals surface area contributed by atoms with Crippen LogP contribution in [0.2, 0.25) is 0 Å². The van der Waals surface area contributed by atoms with E-state index in [-0.39, 0.29) is 18.7 Å². The first-order valence-electron chi connectivity index (χ1n) is 6.20. The Labute approximate surface area is 116 Å². The highest BCUT2D eigenvalue weighted by molar-refractivity contribution is 5.38. The molecule has 21 heavy (non-hydrogen) atoms. The molecule has 0 saturated carbocycles. The molecule has 1 aromatic heterocycles. The van der Waals surface area contributed by atoms with Crippen molar-refractivity contribution < 1.29 is 27.1 Å². The predicted octanol–water partition coefficient (Wildman–Crippen LogP) is 2.68. The summed E-state index contributed by atoms with van der Waals surface area (Å²) in [5, 5.41) is 21.4. The molecule has 1 aromatic rings. The number of nitrogens with zero attached hydrogens (tertiary/aromatic N) is 3. The fraction of sp³-hybridized carbons (Fsp3) is 0.667. The molecule has 0 aliphatic heterocycles. The second-order valence-corrected chi connectivity index (χ2v) is 5.09. The van der Waals surface area contributed by atoms with Gasteiger partial charge in [-0.25, -0.2) is 8.78 Å². The summed E-state index contributed by atoms with van der Waals surface area (Å²) in [6, 6.07) is 1.90. The summed E-state index contributed by atoms with van der Waals surface area (Å²) in [5.74, 6) is -4.08. The van der Waals surface area contributed by atoms with E-state index in [4.69, 9.17) is 5.26 Å². The van der Waals surface area contributed by atoms with E-state index in [1.54, 1.807) is 6.92 Å². The zero-order chi connectivity index (χ0) is 16.0. The third kappa shape index (κ3) is 2.72. The van der Waals surface area contributed by atoms with Gasteiger partial charge in [0.1, 0.15) is 6.10 Å². The van der Waals surface area contributed by atoms with Gasteiger partial charge in [0.15, 0.2) is 5.69 Å². The van der Waals surface area contributed by atoms with Gasteiger partial charge in [0.25, 0.3) is 5.92 Å². The molecule has 116 valence electrons. The summed E-state index contributed by atoms with van der Waals surface area (Å²) in [7, 11) is 0. The van der Waals surface area contributed by atoms with Crippen molar-refractivity contribution in [2.45, 2.75) is 44.5 Å². The van der Waals surface area contributed by atoms with E-state index in [0.29, 0.717) is 0 Å². The van der Waals surface area contributed by atoms with Gasteiger partial charge in [-0.05, 0) is 13.3 Å². The van der Waals surface area contributed by atoms with E-state index in [1.165, 1.54) is 0 Å². The zero-order valence-corrected chi connectivity index (χ0v) is 11.0. The lowest BCUT2D eigenvalue weighted by Gasteiger charge is -2.15. The Morgan fingerprint density at radius 1 is 1.52 bits per heavy atom. The standard InChI is InChI=1S/C12H12F5N3O/c1-6(5-18)2-3-20-7-4-11(13,14)10(21)8(7)9(19-20)12(15,16)17/h6,10,21H,2-4H2,1H3/t6?,10-/m0/s1. The molecule has 9 heteroatoms. The summed E-state index contributed by atoms with van der Waals surface area (Å²) in [4.78, 5) is 0. The maximum atomic E-state index is 13.5. The van der Waals surface area contributed by atoms with Gasteiger partial charge in [0.2, 0.25) is 0 Å². The Balaban J connectivity index is 2.42. The van der Waals surface area contributed by atoms with E-state index in [1.807, 2.05) is 6.07 Å². The number of nitriles is 1. The van der Waals surface area contributed by atoms with Crippen LogP contribution in [0.25, 0.3) is 0 Å². The monoisotopic (exact) mass is 309 g/mol. The third-order valence-electron chi connectivity index (χ3n) is 3.44. The van der Waals surface area contributed by atoms with Crippen LogP contribution in [0.1, 0.15) is 36.4 Å². The Bertz CT molecular complexity index is 587. The normalized spacial score (nSPS) is 21.9. The van der Waals surface area contributed by atoms with Crippen LogP contribution >= 0.6 is 0 Å². The SMILES string of the molecule is CC(C#N)CCn1nc(C(F)(F)F)c2c1CC(F)(F)[C@H]2O.